The van der Waals surface area contributed by atoms with E-state index < -0.39 is 23.7 Å². The Morgan fingerprint density at radius 3 is 2.62 bits per heavy atom. The molecule has 0 saturated heterocycles. The van der Waals surface area contributed by atoms with Crippen molar-refractivity contribution in [2.45, 2.75) is 12.3 Å². The van der Waals surface area contributed by atoms with Gasteiger partial charge in [-0.1, -0.05) is 24.3 Å². The molecule has 0 amide bonds. The summed E-state index contributed by atoms with van der Waals surface area (Å²) in [5, 5.41) is 2.75. The molecular weight excluding hydrogens is 528 g/mol. The maximum Gasteiger partial charge on any atom is 0.357 e. The molecule has 4 rings (SSSR count). The Labute approximate surface area is 197 Å². The normalized spacial score (nSPS) is 15.5. The summed E-state index contributed by atoms with van der Waals surface area (Å²) in [6.07, 6.45) is 1.46. The van der Waals surface area contributed by atoms with Gasteiger partial charge < -0.3 is 14.4 Å². The first-order chi connectivity index (χ1) is 15.4. The minimum absolute atomic E-state index is 0.113. The molecule has 164 valence electrons. The van der Waals surface area contributed by atoms with Crippen LogP contribution in [0.15, 0.2) is 72.3 Å². The SMILES string of the molecule is CN1OC(=O)C=C(C(CCOc2cccc3cc(I)ccc23)c2ccc(F)cc2)C(=O)O1. The van der Waals surface area contributed by atoms with Crippen LogP contribution < -0.4 is 4.74 Å². The molecule has 6 nitrogen and oxygen atoms in total. The fourth-order valence-electron chi connectivity index (χ4n) is 3.60. The molecule has 3 aromatic rings. The number of rotatable bonds is 6. The van der Waals surface area contributed by atoms with Gasteiger partial charge in [-0.25, -0.2) is 14.0 Å². The van der Waals surface area contributed by atoms with Crippen LogP contribution in [-0.4, -0.2) is 30.8 Å². The molecule has 8 heteroatoms. The van der Waals surface area contributed by atoms with Crippen LogP contribution in [0.25, 0.3) is 10.8 Å². The lowest BCUT2D eigenvalue weighted by Crippen LogP contribution is -2.24. The van der Waals surface area contributed by atoms with Crippen molar-refractivity contribution in [3.63, 3.8) is 0 Å². The molecule has 1 atom stereocenters. The van der Waals surface area contributed by atoms with Crippen LogP contribution in [0.4, 0.5) is 4.39 Å². The minimum Gasteiger partial charge on any atom is -0.493 e. The molecule has 1 heterocycles. The predicted molar refractivity (Wildman–Crippen MR) is 124 cm³/mol. The third-order valence-electron chi connectivity index (χ3n) is 5.05. The van der Waals surface area contributed by atoms with Gasteiger partial charge in [-0.3, -0.25) is 0 Å². The molecule has 0 radical (unpaired) electrons. The number of benzene rings is 3. The molecule has 0 saturated carbocycles. The highest BCUT2D eigenvalue weighted by Crippen LogP contribution is 2.32. The van der Waals surface area contributed by atoms with E-state index in [0.717, 1.165) is 20.4 Å². The second kappa shape index (κ2) is 9.66. The fraction of sp³-hybridized carbons (Fsp3) is 0.167. The van der Waals surface area contributed by atoms with Gasteiger partial charge >= 0.3 is 11.9 Å². The van der Waals surface area contributed by atoms with Crippen LogP contribution in [0.5, 0.6) is 5.75 Å². The molecule has 32 heavy (non-hydrogen) atoms. The molecular formula is C24H19FINO5. The highest BCUT2D eigenvalue weighted by atomic mass is 127. The highest BCUT2D eigenvalue weighted by Gasteiger charge is 2.30. The summed E-state index contributed by atoms with van der Waals surface area (Å²) in [6, 6.07) is 17.7. The van der Waals surface area contributed by atoms with Crippen molar-refractivity contribution in [3.05, 3.63) is 87.3 Å². The maximum atomic E-state index is 13.5. The number of hydroxylamine groups is 2. The molecule has 0 bridgehead atoms. The lowest BCUT2D eigenvalue weighted by molar-refractivity contribution is -0.304. The Morgan fingerprint density at radius 2 is 1.84 bits per heavy atom. The lowest BCUT2D eigenvalue weighted by atomic mass is 9.88. The smallest absolute Gasteiger partial charge is 0.357 e. The zero-order chi connectivity index (χ0) is 22.7. The summed E-state index contributed by atoms with van der Waals surface area (Å²) in [5.41, 5.74) is 0.769. The molecule has 0 fully saturated rings. The summed E-state index contributed by atoms with van der Waals surface area (Å²) in [5.74, 6) is -1.69. The monoisotopic (exact) mass is 547 g/mol. The van der Waals surface area contributed by atoms with Gasteiger partial charge in [0.15, 0.2) is 0 Å². The summed E-state index contributed by atoms with van der Waals surface area (Å²) >= 11 is 2.26. The summed E-state index contributed by atoms with van der Waals surface area (Å²) in [4.78, 5) is 34.5. The number of halogens is 2. The van der Waals surface area contributed by atoms with Crippen LogP contribution >= 0.6 is 22.6 Å². The van der Waals surface area contributed by atoms with Crippen molar-refractivity contribution < 1.29 is 28.4 Å². The van der Waals surface area contributed by atoms with Crippen molar-refractivity contribution in [2.75, 3.05) is 13.7 Å². The van der Waals surface area contributed by atoms with E-state index in [2.05, 4.69) is 28.7 Å². The number of nitrogens with zero attached hydrogens (tertiary/aromatic N) is 1. The van der Waals surface area contributed by atoms with Gasteiger partial charge in [-0.05, 0) is 76.4 Å². The second-order valence-corrected chi connectivity index (χ2v) is 8.44. The first kappa shape index (κ1) is 22.2. The largest absolute Gasteiger partial charge is 0.493 e. The van der Waals surface area contributed by atoms with E-state index in [-0.39, 0.29) is 12.2 Å². The Bertz CT molecular complexity index is 1190. The Hall–Kier alpha value is -2.98. The third-order valence-corrected chi connectivity index (χ3v) is 5.72. The van der Waals surface area contributed by atoms with Crippen LogP contribution in [0, 0.1) is 9.39 Å². The van der Waals surface area contributed by atoms with E-state index >= 15 is 0 Å². The zero-order valence-corrected chi connectivity index (χ0v) is 19.2. The third kappa shape index (κ3) is 5.08. The summed E-state index contributed by atoms with van der Waals surface area (Å²) < 4.78 is 20.7. The molecule has 3 aromatic carbocycles. The van der Waals surface area contributed by atoms with Gasteiger partial charge in [0.1, 0.15) is 11.6 Å². The first-order valence-electron chi connectivity index (χ1n) is 9.87. The number of hydrogen-bond acceptors (Lipinski definition) is 6. The van der Waals surface area contributed by atoms with E-state index in [4.69, 9.17) is 14.4 Å². The number of hydrogen-bond donors (Lipinski definition) is 0. The molecule has 1 aliphatic rings. The second-order valence-electron chi connectivity index (χ2n) is 7.19. The van der Waals surface area contributed by atoms with E-state index in [1.54, 1.807) is 12.1 Å². The van der Waals surface area contributed by atoms with Gasteiger partial charge in [-0.2, -0.15) is 0 Å². The average molecular weight is 547 g/mol. The van der Waals surface area contributed by atoms with Crippen LogP contribution in [0.3, 0.4) is 0 Å². The Kier molecular flexibility index (Phi) is 6.71. The van der Waals surface area contributed by atoms with Crippen LogP contribution in [0.1, 0.15) is 17.9 Å². The maximum absolute atomic E-state index is 13.5. The molecule has 0 spiro atoms. The van der Waals surface area contributed by atoms with Crippen molar-refractivity contribution in [3.8, 4) is 5.75 Å². The van der Waals surface area contributed by atoms with Gasteiger partial charge in [0.25, 0.3) is 0 Å². The van der Waals surface area contributed by atoms with Crippen molar-refractivity contribution in [1.29, 1.82) is 0 Å². The number of ether oxygens (including phenoxy) is 1. The van der Waals surface area contributed by atoms with E-state index in [0.29, 0.717) is 23.0 Å². The Balaban J connectivity index is 1.60. The summed E-state index contributed by atoms with van der Waals surface area (Å²) in [7, 11) is 1.31. The van der Waals surface area contributed by atoms with Crippen molar-refractivity contribution >= 4 is 45.3 Å². The molecule has 0 N–H and O–H groups in total. The molecule has 0 aromatic heterocycles. The standard InChI is InChI=1S/C24H19FINO5/c1-27-31-23(28)14-21(24(29)32-27)19(15-5-7-17(25)8-6-15)11-12-30-22-4-2-3-16-13-18(26)9-10-20(16)22/h2-10,13-14,19H,11-12H2,1H3. The lowest BCUT2D eigenvalue weighted by Gasteiger charge is -2.20. The van der Waals surface area contributed by atoms with Crippen LogP contribution in [0.2, 0.25) is 0 Å². The van der Waals surface area contributed by atoms with E-state index in [1.807, 2.05) is 30.3 Å². The fourth-order valence-corrected chi connectivity index (χ4v) is 4.12. The van der Waals surface area contributed by atoms with Crippen LogP contribution in [-0.2, 0) is 19.3 Å². The Morgan fingerprint density at radius 1 is 1.06 bits per heavy atom. The quantitative estimate of drug-likeness (QED) is 0.409. The predicted octanol–water partition coefficient (Wildman–Crippen LogP) is 4.92. The van der Waals surface area contributed by atoms with E-state index in [1.165, 1.54) is 19.2 Å². The topological polar surface area (TPSA) is 65.1 Å². The van der Waals surface area contributed by atoms with Crippen molar-refractivity contribution in [1.82, 2.24) is 5.23 Å². The molecule has 1 unspecified atom stereocenters. The van der Waals surface area contributed by atoms with Gasteiger partial charge in [0, 0.05) is 26.2 Å². The van der Waals surface area contributed by atoms with Gasteiger partial charge in [0.2, 0.25) is 0 Å². The zero-order valence-electron chi connectivity index (χ0n) is 17.1. The van der Waals surface area contributed by atoms with Gasteiger partial charge in [0.05, 0.1) is 19.2 Å². The number of fused-ring (bicyclic) bond motifs is 1. The number of carbonyl (C=O) groups is 2. The molecule has 1 aliphatic heterocycles. The summed E-state index contributed by atoms with van der Waals surface area (Å²) in [6.45, 7) is 0.253. The van der Waals surface area contributed by atoms with E-state index in [9.17, 15) is 14.0 Å². The first-order valence-corrected chi connectivity index (χ1v) is 10.9. The highest BCUT2D eigenvalue weighted by molar-refractivity contribution is 14.1. The van der Waals surface area contributed by atoms with Gasteiger partial charge in [-0.15, -0.1) is 0 Å². The minimum atomic E-state index is -0.731. The average Bonchev–Trinajstić information content (AvgIpc) is 2.88. The van der Waals surface area contributed by atoms with Crippen molar-refractivity contribution in [2.24, 2.45) is 0 Å². The number of carbonyl (C=O) groups excluding carboxylic acids is 2. The molecule has 0 aliphatic carbocycles.